The fraction of sp³-hybridized carbons (Fsp3) is 0.667. The van der Waals surface area contributed by atoms with Crippen LogP contribution in [-0.4, -0.2) is 26.2 Å². The van der Waals surface area contributed by atoms with E-state index in [9.17, 15) is 0 Å². The van der Waals surface area contributed by atoms with Gasteiger partial charge in [-0.05, 0) is 12.6 Å². The van der Waals surface area contributed by atoms with E-state index in [0.29, 0.717) is 6.04 Å². The molecule has 0 aromatic carbocycles. The predicted molar refractivity (Wildman–Crippen MR) is 49.4 cm³/mol. The van der Waals surface area contributed by atoms with Crippen molar-refractivity contribution in [2.45, 2.75) is 6.04 Å². The molecule has 1 fully saturated rings. The first kappa shape index (κ1) is 12.9. The summed E-state index contributed by atoms with van der Waals surface area (Å²) in [6.07, 6.45) is 0. The lowest BCUT2D eigenvalue weighted by atomic mass is 10.2. The lowest BCUT2D eigenvalue weighted by molar-refractivity contribution is 0.668. The van der Waals surface area contributed by atoms with E-state index in [4.69, 9.17) is 0 Å². The topological polar surface area (TPSA) is 24.1 Å². The molecular weight excluding hydrogens is 171 g/mol. The fourth-order valence-corrected chi connectivity index (χ4v) is 0.951. The highest BCUT2D eigenvalue weighted by Crippen LogP contribution is 2.01. The molecule has 0 saturated carbocycles. The Morgan fingerprint density at radius 1 is 1.60 bits per heavy atom. The highest BCUT2D eigenvalue weighted by Gasteiger charge is 2.14. The number of likely N-dealkylation sites (N-methyl/N-ethyl adjacent to an activating group) is 1. The molecule has 0 bridgehead atoms. The van der Waals surface area contributed by atoms with E-state index in [-0.39, 0.29) is 24.8 Å². The Bertz CT molecular complexity index is 106. The molecule has 1 aliphatic rings. The van der Waals surface area contributed by atoms with Gasteiger partial charge in [0.05, 0.1) is 0 Å². The van der Waals surface area contributed by atoms with E-state index in [1.54, 1.807) is 0 Å². The molecule has 1 atom stereocenters. The van der Waals surface area contributed by atoms with Gasteiger partial charge in [0.1, 0.15) is 0 Å². The van der Waals surface area contributed by atoms with Gasteiger partial charge < -0.3 is 10.6 Å². The van der Waals surface area contributed by atoms with Gasteiger partial charge in [-0.25, -0.2) is 0 Å². The number of hydrogen-bond donors (Lipinski definition) is 2. The molecular formula is C6H14Cl2N2. The molecule has 62 valence electrons. The molecule has 4 heteroatoms. The third-order valence-electron chi connectivity index (χ3n) is 1.54. The monoisotopic (exact) mass is 184 g/mol. The van der Waals surface area contributed by atoms with E-state index in [1.165, 1.54) is 5.57 Å². The number of halogens is 2. The molecule has 10 heavy (non-hydrogen) atoms. The molecule has 2 N–H and O–H groups in total. The summed E-state index contributed by atoms with van der Waals surface area (Å²) in [4.78, 5) is 0. The molecule has 0 aliphatic carbocycles. The van der Waals surface area contributed by atoms with Crippen LogP contribution in [0.5, 0.6) is 0 Å². The Morgan fingerprint density at radius 3 is 2.40 bits per heavy atom. The number of hydrogen-bond acceptors (Lipinski definition) is 2. The molecule has 0 spiro atoms. The summed E-state index contributed by atoms with van der Waals surface area (Å²) in [6.45, 7) is 5.90. The zero-order valence-corrected chi connectivity index (χ0v) is 7.65. The van der Waals surface area contributed by atoms with Crippen molar-refractivity contribution < 1.29 is 0 Å². The molecule has 1 heterocycles. The molecule has 1 aliphatic heterocycles. The van der Waals surface area contributed by atoms with Crippen LogP contribution in [0, 0.1) is 0 Å². The summed E-state index contributed by atoms with van der Waals surface area (Å²) in [5.41, 5.74) is 1.27. The second kappa shape index (κ2) is 5.98. The molecule has 1 unspecified atom stereocenters. The van der Waals surface area contributed by atoms with Gasteiger partial charge in [-0.15, -0.1) is 24.8 Å². The maximum absolute atomic E-state index is 3.88. The Balaban J connectivity index is 0. The van der Waals surface area contributed by atoms with Gasteiger partial charge in [0.2, 0.25) is 0 Å². The van der Waals surface area contributed by atoms with Crippen LogP contribution >= 0.6 is 24.8 Å². The summed E-state index contributed by atoms with van der Waals surface area (Å²) in [5, 5.41) is 6.36. The first-order valence-electron chi connectivity index (χ1n) is 2.90. The van der Waals surface area contributed by atoms with Gasteiger partial charge in [0.25, 0.3) is 0 Å². The van der Waals surface area contributed by atoms with Gasteiger partial charge in [-0.2, -0.15) is 0 Å². The standard InChI is InChI=1S/C6H12N2.2ClH/c1-5-3-8-4-6(5)7-2;;/h6-8H,1,3-4H2,2H3;2*1H. The number of rotatable bonds is 1. The van der Waals surface area contributed by atoms with Gasteiger partial charge in [0, 0.05) is 19.1 Å². The van der Waals surface area contributed by atoms with Gasteiger partial charge in [-0.1, -0.05) is 6.58 Å². The summed E-state index contributed by atoms with van der Waals surface area (Å²) < 4.78 is 0. The minimum atomic E-state index is 0. The highest BCUT2D eigenvalue weighted by atomic mass is 35.5. The van der Waals surface area contributed by atoms with Crippen molar-refractivity contribution in [3.8, 4) is 0 Å². The van der Waals surface area contributed by atoms with E-state index in [2.05, 4.69) is 17.2 Å². The molecule has 0 amide bonds. The van der Waals surface area contributed by atoms with Gasteiger partial charge >= 0.3 is 0 Å². The average molecular weight is 185 g/mol. The van der Waals surface area contributed by atoms with Crippen LogP contribution < -0.4 is 10.6 Å². The second-order valence-corrected chi connectivity index (χ2v) is 2.13. The molecule has 1 saturated heterocycles. The highest BCUT2D eigenvalue weighted by molar-refractivity contribution is 5.85. The van der Waals surface area contributed by atoms with Crippen molar-refractivity contribution in [2.24, 2.45) is 0 Å². The lowest BCUT2D eigenvalue weighted by Gasteiger charge is -2.05. The van der Waals surface area contributed by atoms with Crippen LogP contribution in [0.1, 0.15) is 0 Å². The number of nitrogens with one attached hydrogen (secondary N) is 2. The van der Waals surface area contributed by atoms with Crippen molar-refractivity contribution >= 4 is 24.8 Å². The maximum atomic E-state index is 3.88. The molecule has 0 aromatic heterocycles. The van der Waals surface area contributed by atoms with Crippen LogP contribution in [0.3, 0.4) is 0 Å². The van der Waals surface area contributed by atoms with Crippen LogP contribution in [0.2, 0.25) is 0 Å². The minimum Gasteiger partial charge on any atom is -0.312 e. The Kier molecular flexibility index (Phi) is 7.70. The van der Waals surface area contributed by atoms with Crippen LogP contribution in [0.4, 0.5) is 0 Å². The quantitative estimate of drug-likeness (QED) is 0.584. The Labute approximate surface area is 74.3 Å². The summed E-state index contributed by atoms with van der Waals surface area (Å²) in [7, 11) is 1.96. The largest absolute Gasteiger partial charge is 0.312 e. The fourth-order valence-electron chi connectivity index (χ4n) is 0.951. The first-order chi connectivity index (χ1) is 3.84. The smallest absolute Gasteiger partial charge is 0.0413 e. The molecule has 1 rings (SSSR count). The predicted octanol–water partition coefficient (Wildman–Crippen LogP) is 0.577. The Morgan fingerprint density at radius 2 is 2.20 bits per heavy atom. The zero-order valence-electron chi connectivity index (χ0n) is 6.02. The van der Waals surface area contributed by atoms with Gasteiger partial charge in [-0.3, -0.25) is 0 Å². The lowest BCUT2D eigenvalue weighted by Crippen LogP contribution is -2.27. The molecule has 0 radical (unpaired) electrons. The molecule has 2 nitrogen and oxygen atoms in total. The van der Waals surface area contributed by atoms with Crippen molar-refractivity contribution in [3.05, 3.63) is 12.2 Å². The minimum absolute atomic E-state index is 0. The third kappa shape index (κ3) is 2.88. The van der Waals surface area contributed by atoms with E-state index in [0.717, 1.165) is 13.1 Å². The summed E-state index contributed by atoms with van der Waals surface area (Å²) in [6, 6.07) is 0.509. The molecule has 0 aromatic rings. The van der Waals surface area contributed by atoms with Crippen LogP contribution in [0.25, 0.3) is 0 Å². The van der Waals surface area contributed by atoms with Crippen molar-refractivity contribution in [2.75, 3.05) is 20.1 Å². The van der Waals surface area contributed by atoms with Crippen LogP contribution in [-0.2, 0) is 0 Å². The third-order valence-corrected chi connectivity index (χ3v) is 1.54. The summed E-state index contributed by atoms with van der Waals surface area (Å²) >= 11 is 0. The second-order valence-electron chi connectivity index (χ2n) is 2.13. The SMILES string of the molecule is C=C1CNCC1NC.Cl.Cl. The average Bonchev–Trinajstić information content (AvgIpc) is 2.14. The van der Waals surface area contributed by atoms with Crippen molar-refractivity contribution in [3.63, 3.8) is 0 Å². The summed E-state index contributed by atoms with van der Waals surface area (Å²) in [5.74, 6) is 0. The van der Waals surface area contributed by atoms with Crippen molar-refractivity contribution in [1.29, 1.82) is 0 Å². The Hall–Kier alpha value is 0.240. The van der Waals surface area contributed by atoms with E-state index in [1.807, 2.05) is 7.05 Å². The maximum Gasteiger partial charge on any atom is 0.0413 e. The van der Waals surface area contributed by atoms with Crippen LogP contribution in [0.15, 0.2) is 12.2 Å². The van der Waals surface area contributed by atoms with Crippen molar-refractivity contribution in [1.82, 2.24) is 10.6 Å². The van der Waals surface area contributed by atoms with Gasteiger partial charge in [0.15, 0.2) is 0 Å². The normalized spacial score (nSPS) is 23.3. The van der Waals surface area contributed by atoms with E-state index < -0.39 is 0 Å². The van der Waals surface area contributed by atoms with E-state index >= 15 is 0 Å². The first-order valence-corrected chi connectivity index (χ1v) is 2.90. The zero-order chi connectivity index (χ0) is 5.98.